The molecule has 2 aromatic rings. The number of aryl methyl sites for hydroxylation is 1. The van der Waals surface area contributed by atoms with Crippen LogP contribution in [0.4, 0.5) is 0 Å². The lowest BCUT2D eigenvalue weighted by molar-refractivity contribution is 0.109. The maximum atomic E-state index is 11.1. The summed E-state index contributed by atoms with van der Waals surface area (Å²) in [5.74, 6) is 0.182. The fourth-order valence-electron chi connectivity index (χ4n) is 1.09. The molecule has 0 fully saturated rings. The number of hydrogen-bond acceptors (Lipinski definition) is 6. The number of furan rings is 1. The highest BCUT2D eigenvalue weighted by Crippen LogP contribution is 2.25. The fourth-order valence-corrected chi connectivity index (χ4v) is 1.86. The van der Waals surface area contributed by atoms with Crippen molar-refractivity contribution >= 4 is 18.0 Å². The van der Waals surface area contributed by atoms with Gasteiger partial charge in [0, 0.05) is 7.05 Å². The van der Waals surface area contributed by atoms with E-state index in [1.165, 1.54) is 10.7 Å². The van der Waals surface area contributed by atoms with E-state index < -0.39 is 11.1 Å². The molecule has 2 rings (SSSR count). The van der Waals surface area contributed by atoms with Gasteiger partial charge in [-0.3, -0.25) is 24.2 Å². The Morgan fingerprint density at radius 1 is 1.47 bits per heavy atom. The fraction of sp³-hybridized carbons (Fsp3) is 0.111. The van der Waals surface area contributed by atoms with Gasteiger partial charge in [0.25, 0.3) is 0 Å². The van der Waals surface area contributed by atoms with Crippen LogP contribution in [0.5, 0.6) is 0 Å². The van der Waals surface area contributed by atoms with Gasteiger partial charge in [-0.25, -0.2) is 0 Å². The van der Waals surface area contributed by atoms with Crippen LogP contribution in [0, 0.1) is 0 Å². The summed E-state index contributed by atoms with van der Waals surface area (Å²) in [7, 11) is 1.54. The second kappa shape index (κ2) is 4.42. The maximum Gasteiger partial charge on any atom is 0.339 e. The second-order valence-corrected chi connectivity index (χ2v) is 4.05. The number of nitrogens with one attached hydrogen (secondary N) is 1. The van der Waals surface area contributed by atoms with Crippen LogP contribution < -0.4 is 11.1 Å². The van der Waals surface area contributed by atoms with Gasteiger partial charge >= 0.3 is 11.1 Å². The summed E-state index contributed by atoms with van der Waals surface area (Å²) in [5, 5.41) is 2.97. The molecule has 17 heavy (non-hydrogen) atoms. The van der Waals surface area contributed by atoms with E-state index in [4.69, 9.17) is 4.42 Å². The molecule has 0 atom stereocenters. The molecule has 0 saturated heterocycles. The van der Waals surface area contributed by atoms with Crippen LogP contribution in [-0.2, 0) is 7.05 Å². The Balaban J connectivity index is 2.36. The van der Waals surface area contributed by atoms with E-state index in [-0.39, 0.29) is 10.9 Å². The van der Waals surface area contributed by atoms with Crippen molar-refractivity contribution in [1.82, 2.24) is 14.8 Å². The highest BCUT2D eigenvalue weighted by atomic mass is 32.2. The number of rotatable bonds is 3. The Kier molecular flexibility index (Phi) is 2.96. The number of hydrogen-bond donors (Lipinski definition) is 1. The normalized spacial score (nSPS) is 10.4. The van der Waals surface area contributed by atoms with Gasteiger partial charge in [0.1, 0.15) is 0 Å². The molecule has 0 aliphatic rings. The van der Waals surface area contributed by atoms with Crippen molar-refractivity contribution in [3.8, 4) is 0 Å². The van der Waals surface area contributed by atoms with Gasteiger partial charge in [-0.05, 0) is 23.9 Å². The van der Waals surface area contributed by atoms with E-state index in [1.807, 2.05) is 0 Å². The molecule has 0 aliphatic carbocycles. The van der Waals surface area contributed by atoms with Crippen LogP contribution in [0.1, 0.15) is 10.6 Å². The van der Waals surface area contributed by atoms with Gasteiger partial charge in [0.05, 0.1) is 0 Å². The van der Waals surface area contributed by atoms with Crippen LogP contribution in [0.3, 0.4) is 0 Å². The SMILES string of the molecule is Cn1[nH]c(=O)c(=O)nc1Sc1ccc(C=O)o1. The monoisotopic (exact) mass is 253 g/mol. The van der Waals surface area contributed by atoms with Crippen molar-refractivity contribution in [2.45, 2.75) is 10.2 Å². The van der Waals surface area contributed by atoms with Crippen LogP contribution in [-0.4, -0.2) is 21.1 Å². The lowest BCUT2D eigenvalue weighted by Gasteiger charge is -2.02. The summed E-state index contributed by atoms with van der Waals surface area (Å²) in [5.41, 5.74) is -1.65. The summed E-state index contributed by atoms with van der Waals surface area (Å²) in [6.45, 7) is 0. The number of aromatic nitrogens is 3. The minimum Gasteiger partial charge on any atom is -0.447 e. The molecule has 0 amide bonds. The highest BCUT2D eigenvalue weighted by molar-refractivity contribution is 7.99. The van der Waals surface area contributed by atoms with Crippen molar-refractivity contribution in [1.29, 1.82) is 0 Å². The number of aromatic amines is 1. The third kappa shape index (κ3) is 2.36. The predicted octanol–water partition coefficient (Wildman–Crippen LogP) is 0.0253. The number of H-pyrrole nitrogens is 1. The molecule has 0 aromatic carbocycles. The Hall–Kier alpha value is -2.09. The summed E-state index contributed by atoms with van der Waals surface area (Å²) in [6, 6.07) is 3.07. The Labute approximate surface area is 98.5 Å². The van der Waals surface area contributed by atoms with Gasteiger partial charge in [-0.1, -0.05) is 0 Å². The van der Waals surface area contributed by atoms with Gasteiger partial charge < -0.3 is 4.42 Å². The molecule has 0 radical (unpaired) electrons. The lowest BCUT2D eigenvalue weighted by Crippen LogP contribution is -2.33. The molecule has 2 heterocycles. The lowest BCUT2D eigenvalue weighted by atomic mass is 10.5. The zero-order valence-electron chi connectivity index (χ0n) is 8.67. The van der Waals surface area contributed by atoms with Crippen molar-refractivity contribution < 1.29 is 9.21 Å². The summed E-state index contributed by atoms with van der Waals surface area (Å²) in [4.78, 5) is 36.0. The zero-order valence-corrected chi connectivity index (χ0v) is 9.48. The first-order chi connectivity index (χ1) is 8.10. The summed E-state index contributed by atoms with van der Waals surface area (Å²) < 4.78 is 6.41. The van der Waals surface area contributed by atoms with Gasteiger partial charge in [-0.15, -0.1) is 0 Å². The first-order valence-electron chi connectivity index (χ1n) is 4.50. The first kappa shape index (κ1) is 11.4. The third-order valence-corrected chi connectivity index (χ3v) is 2.83. The number of carbonyl (C=O) groups is 1. The minimum absolute atomic E-state index is 0.182. The van der Waals surface area contributed by atoms with E-state index in [0.29, 0.717) is 11.4 Å². The van der Waals surface area contributed by atoms with Crippen molar-refractivity contribution in [2.75, 3.05) is 0 Å². The van der Waals surface area contributed by atoms with Gasteiger partial charge in [0.15, 0.2) is 22.3 Å². The Morgan fingerprint density at radius 3 is 2.88 bits per heavy atom. The van der Waals surface area contributed by atoms with E-state index in [0.717, 1.165) is 11.8 Å². The molecule has 7 nitrogen and oxygen atoms in total. The van der Waals surface area contributed by atoms with Crippen LogP contribution in [0.15, 0.2) is 36.4 Å². The molecule has 0 aliphatic heterocycles. The predicted molar refractivity (Wildman–Crippen MR) is 58.3 cm³/mol. The smallest absolute Gasteiger partial charge is 0.339 e. The molecule has 2 aromatic heterocycles. The summed E-state index contributed by atoms with van der Waals surface area (Å²) in [6.07, 6.45) is 0.573. The van der Waals surface area contributed by atoms with Gasteiger partial charge in [-0.2, -0.15) is 4.98 Å². The second-order valence-electron chi connectivity index (χ2n) is 3.08. The zero-order chi connectivity index (χ0) is 12.4. The average Bonchev–Trinajstić information content (AvgIpc) is 2.73. The van der Waals surface area contributed by atoms with E-state index in [1.54, 1.807) is 13.1 Å². The average molecular weight is 253 g/mol. The number of aldehydes is 1. The largest absolute Gasteiger partial charge is 0.447 e. The van der Waals surface area contributed by atoms with Gasteiger partial charge in [0.2, 0.25) is 0 Å². The Bertz CT molecular complexity index is 669. The van der Waals surface area contributed by atoms with Crippen LogP contribution in [0.2, 0.25) is 0 Å². The summed E-state index contributed by atoms with van der Waals surface area (Å²) >= 11 is 1.03. The number of nitrogens with zero attached hydrogens (tertiary/aromatic N) is 2. The van der Waals surface area contributed by atoms with Crippen LogP contribution in [0.25, 0.3) is 0 Å². The molecule has 88 valence electrons. The van der Waals surface area contributed by atoms with Crippen LogP contribution >= 0.6 is 11.8 Å². The third-order valence-electron chi connectivity index (χ3n) is 1.86. The highest BCUT2D eigenvalue weighted by Gasteiger charge is 2.09. The quantitative estimate of drug-likeness (QED) is 0.612. The van der Waals surface area contributed by atoms with E-state index in [9.17, 15) is 14.4 Å². The molecule has 0 bridgehead atoms. The molecule has 0 unspecified atom stereocenters. The minimum atomic E-state index is -0.868. The maximum absolute atomic E-state index is 11.1. The topological polar surface area (TPSA) is 98.0 Å². The van der Waals surface area contributed by atoms with E-state index >= 15 is 0 Å². The number of carbonyl (C=O) groups excluding carboxylic acids is 1. The standard InChI is InChI=1S/C9H7N3O4S/c1-12-9(10-7(14)8(15)11-12)17-6-3-2-5(4-13)16-6/h2-4H,1H3,(H,11,15). The van der Waals surface area contributed by atoms with Crippen molar-refractivity contribution in [2.24, 2.45) is 7.05 Å². The molecule has 1 N–H and O–H groups in total. The van der Waals surface area contributed by atoms with E-state index in [2.05, 4.69) is 10.1 Å². The molecule has 0 saturated carbocycles. The molecule has 8 heteroatoms. The van der Waals surface area contributed by atoms with Crippen molar-refractivity contribution in [3.63, 3.8) is 0 Å². The first-order valence-corrected chi connectivity index (χ1v) is 5.32. The van der Waals surface area contributed by atoms with Crippen molar-refractivity contribution in [3.05, 3.63) is 38.6 Å². The molecular weight excluding hydrogens is 246 g/mol. The molecular formula is C9H7N3O4S. The Morgan fingerprint density at radius 2 is 2.24 bits per heavy atom. The molecule has 0 spiro atoms.